The molecule has 0 bridgehead atoms. The number of rotatable bonds is 3. The van der Waals surface area contributed by atoms with E-state index >= 15 is 0 Å². The second kappa shape index (κ2) is 4.57. The van der Waals surface area contributed by atoms with Gasteiger partial charge in [-0.15, -0.1) is 11.3 Å². The van der Waals surface area contributed by atoms with Gasteiger partial charge >= 0.3 is 0 Å². The molecule has 1 aromatic rings. The quantitative estimate of drug-likeness (QED) is 0.739. The molecular weight excluding hydrogens is 200 g/mol. The summed E-state index contributed by atoms with van der Waals surface area (Å²) < 4.78 is 0. The molecule has 0 spiro atoms. The van der Waals surface area contributed by atoms with Crippen LogP contribution in [-0.2, 0) is 4.79 Å². The molecule has 1 aromatic heterocycles. The number of thiophene rings is 1. The molecule has 0 atom stereocenters. The molecule has 1 rings (SSSR count). The third-order valence-electron chi connectivity index (χ3n) is 1.49. The highest BCUT2D eigenvalue weighted by molar-refractivity contribution is 7.14. The zero-order valence-electron chi connectivity index (χ0n) is 7.61. The third-order valence-corrected chi connectivity index (χ3v) is 2.32. The van der Waals surface area contributed by atoms with E-state index in [0.29, 0.717) is 10.6 Å². The van der Waals surface area contributed by atoms with Gasteiger partial charge in [-0.1, -0.05) is 6.08 Å². The molecule has 0 radical (unpaired) electrons. The van der Waals surface area contributed by atoms with E-state index in [1.165, 1.54) is 17.4 Å². The Labute approximate surface area is 85.4 Å². The lowest BCUT2D eigenvalue weighted by atomic mass is 10.3. The van der Waals surface area contributed by atoms with Crippen molar-refractivity contribution in [3.8, 4) is 0 Å². The summed E-state index contributed by atoms with van der Waals surface area (Å²) in [6, 6.07) is 1.58. The predicted molar refractivity (Wildman–Crippen MR) is 56.3 cm³/mol. The standard InChI is InChI=1S/C9H10N2O2S/c1-2-3-7(12)11-9-6(8(10)13)4-5-14-9/h2-5H,1H3,(H2,10,13)(H,11,12). The fraction of sp³-hybridized carbons (Fsp3) is 0.111. The lowest BCUT2D eigenvalue weighted by Gasteiger charge is -1.99. The number of amides is 2. The zero-order valence-corrected chi connectivity index (χ0v) is 8.43. The van der Waals surface area contributed by atoms with Gasteiger partial charge in [0.15, 0.2) is 0 Å². The molecular formula is C9H10N2O2S. The predicted octanol–water partition coefficient (Wildman–Crippen LogP) is 1.36. The summed E-state index contributed by atoms with van der Waals surface area (Å²) >= 11 is 1.27. The van der Waals surface area contributed by atoms with Crippen LogP contribution in [0.3, 0.4) is 0 Å². The molecule has 0 aliphatic heterocycles. The minimum atomic E-state index is -0.540. The number of nitrogens with one attached hydrogen (secondary N) is 1. The Hall–Kier alpha value is -1.62. The highest BCUT2D eigenvalue weighted by atomic mass is 32.1. The Kier molecular flexibility index (Phi) is 3.41. The van der Waals surface area contributed by atoms with Crippen LogP contribution in [0.2, 0.25) is 0 Å². The molecule has 4 nitrogen and oxygen atoms in total. The van der Waals surface area contributed by atoms with E-state index < -0.39 is 5.91 Å². The van der Waals surface area contributed by atoms with E-state index in [1.54, 1.807) is 24.4 Å². The Balaban J connectivity index is 2.81. The van der Waals surface area contributed by atoms with Crippen molar-refractivity contribution in [2.24, 2.45) is 5.73 Å². The molecule has 0 aliphatic rings. The molecule has 5 heteroatoms. The van der Waals surface area contributed by atoms with Crippen LogP contribution in [0.5, 0.6) is 0 Å². The lowest BCUT2D eigenvalue weighted by molar-refractivity contribution is -0.111. The maximum atomic E-state index is 11.1. The lowest BCUT2D eigenvalue weighted by Crippen LogP contribution is -2.14. The molecule has 0 aliphatic carbocycles. The number of carbonyl (C=O) groups excluding carboxylic acids is 2. The minimum Gasteiger partial charge on any atom is -0.366 e. The first-order chi connectivity index (χ1) is 6.65. The van der Waals surface area contributed by atoms with Gasteiger partial charge in [0.05, 0.1) is 5.56 Å². The number of nitrogens with two attached hydrogens (primary N) is 1. The molecule has 0 aromatic carbocycles. The van der Waals surface area contributed by atoms with Crippen LogP contribution in [0, 0.1) is 0 Å². The van der Waals surface area contributed by atoms with E-state index in [4.69, 9.17) is 5.73 Å². The largest absolute Gasteiger partial charge is 0.366 e. The molecule has 1 heterocycles. The molecule has 0 unspecified atom stereocenters. The van der Waals surface area contributed by atoms with Gasteiger partial charge in [-0.2, -0.15) is 0 Å². The van der Waals surface area contributed by atoms with Gasteiger partial charge in [0.2, 0.25) is 5.91 Å². The molecule has 2 amide bonds. The topological polar surface area (TPSA) is 72.2 Å². The highest BCUT2D eigenvalue weighted by Gasteiger charge is 2.10. The maximum Gasteiger partial charge on any atom is 0.251 e. The van der Waals surface area contributed by atoms with E-state index in [9.17, 15) is 9.59 Å². The van der Waals surface area contributed by atoms with Gasteiger partial charge in [-0.05, 0) is 24.4 Å². The van der Waals surface area contributed by atoms with E-state index in [-0.39, 0.29) is 5.91 Å². The Morgan fingerprint density at radius 2 is 2.29 bits per heavy atom. The monoisotopic (exact) mass is 210 g/mol. The summed E-state index contributed by atoms with van der Waals surface area (Å²) in [7, 11) is 0. The van der Waals surface area contributed by atoms with Crippen LogP contribution in [0.15, 0.2) is 23.6 Å². The van der Waals surface area contributed by atoms with Crippen molar-refractivity contribution in [2.45, 2.75) is 6.92 Å². The molecule has 0 fully saturated rings. The second-order valence-corrected chi connectivity index (χ2v) is 3.43. The smallest absolute Gasteiger partial charge is 0.251 e. The average Bonchev–Trinajstić information content (AvgIpc) is 2.52. The van der Waals surface area contributed by atoms with Gasteiger partial charge < -0.3 is 11.1 Å². The van der Waals surface area contributed by atoms with Gasteiger partial charge in [0, 0.05) is 0 Å². The summed E-state index contributed by atoms with van der Waals surface area (Å²) in [6.45, 7) is 1.74. The van der Waals surface area contributed by atoms with Gasteiger partial charge in [0.25, 0.3) is 5.91 Å². The van der Waals surface area contributed by atoms with Crippen LogP contribution >= 0.6 is 11.3 Å². The Bertz CT molecular complexity index is 382. The van der Waals surface area contributed by atoms with Crippen molar-refractivity contribution in [3.63, 3.8) is 0 Å². The maximum absolute atomic E-state index is 11.1. The summed E-state index contributed by atoms with van der Waals surface area (Å²) in [5.74, 6) is -0.806. The first-order valence-electron chi connectivity index (χ1n) is 3.96. The van der Waals surface area contributed by atoms with Crippen molar-refractivity contribution in [1.82, 2.24) is 0 Å². The van der Waals surface area contributed by atoms with Crippen LogP contribution in [0.25, 0.3) is 0 Å². The number of hydrogen-bond acceptors (Lipinski definition) is 3. The van der Waals surface area contributed by atoms with Crippen LogP contribution < -0.4 is 11.1 Å². The fourth-order valence-corrected chi connectivity index (χ4v) is 1.70. The van der Waals surface area contributed by atoms with Gasteiger partial charge in [-0.3, -0.25) is 9.59 Å². The van der Waals surface area contributed by atoms with Gasteiger partial charge in [-0.25, -0.2) is 0 Å². The van der Waals surface area contributed by atoms with E-state index in [0.717, 1.165) is 0 Å². The zero-order chi connectivity index (χ0) is 10.6. The number of anilines is 1. The van der Waals surface area contributed by atoms with E-state index in [1.807, 2.05) is 0 Å². The number of allylic oxidation sites excluding steroid dienone is 1. The summed E-state index contributed by atoms with van der Waals surface area (Å²) in [6.07, 6.45) is 3.00. The number of primary amides is 1. The van der Waals surface area contributed by atoms with Crippen LogP contribution in [0.1, 0.15) is 17.3 Å². The summed E-state index contributed by atoms with van der Waals surface area (Å²) in [5, 5.41) is 4.75. The average molecular weight is 210 g/mol. The third kappa shape index (κ3) is 2.43. The first kappa shape index (κ1) is 10.5. The number of carbonyl (C=O) groups is 2. The molecule has 74 valence electrons. The summed E-state index contributed by atoms with van der Waals surface area (Å²) in [4.78, 5) is 22.0. The second-order valence-electron chi connectivity index (χ2n) is 2.52. The van der Waals surface area contributed by atoms with Crippen molar-refractivity contribution in [2.75, 3.05) is 5.32 Å². The van der Waals surface area contributed by atoms with Crippen molar-refractivity contribution in [3.05, 3.63) is 29.2 Å². The molecule has 14 heavy (non-hydrogen) atoms. The number of hydrogen-bond donors (Lipinski definition) is 2. The molecule has 0 saturated carbocycles. The summed E-state index contributed by atoms with van der Waals surface area (Å²) in [5.41, 5.74) is 5.45. The van der Waals surface area contributed by atoms with E-state index in [2.05, 4.69) is 5.32 Å². The van der Waals surface area contributed by atoms with Gasteiger partial charge in [0.1, 0.15) is 5.00 Å². The van der Waals surface area contributed by atoms with Crippen molar-refractivity contribution >= 4 is 28.2 Å². The Morgan fingerprint density at radius 3 is 2.86 bits per heavy atom. The fourth-order valence-electron chi connectivity index (χ4n) is 0.905. The highest BCUT2D eigenvalue weighted by Crippen LogP contribution is 2.22. The Morgan fingerprint density at radius 1 is 1.57 bits per heavy atom. The molecule has 0 saturated heterocycles. The first-order valence-corrected chi connectivity index (χ1v) is 4.84. The van der Waals surface area contributed by atoms with Crippen LogP contribution in [-0.4, -0.2) is 11.8 Å². The van der Waals surface area contributed by atoms with Crippen molar-refractivity contribution in [1.29, 1.82) is 0 Å². The normalized spacial score (nSPS) is 10.4. The van der Waals surface area contributed by atoms with Crippen molar-refractivity contribution < 1.29 is 9.59 Å². The SMILES string of the molecule is CC=CC(=O)Nc1sccc1C(N)=O. The molecule has 3 N–H and O–H groups in total. The van der Waals surface area contributed by atoms with Crippen LogP contribution in [0.4, 0.5) is 5.00 Å². The minimum absolute atomic E-state index is 0.266.